The summed E-state index contributed by atoms with van der Waals surface area (Å²) in [7, 11) is 2.00. The zero-order valence-corrected chi connectivity index (χ0v) is 17.7. The van der Waals surface area contributed by atoms with Crippen LogP contribution >= 0.6 is 11.3 Å². The van der Waals surface area contributed by atoms with Gasteiger partial charge in [-0.2, -0.15) is 5.10 Å². The van der Waals surface area contributed by atoms with Crippen molar-refractivity contribution in [1.29, 1.82) is 0 Å². The van der Waals surface area contributed by atoms with E-state index in [-0.39, 0.29) is 0 Å². The Labute approximate surface area is 170 Å². The molecular weight excluding hydrogens is 368 g/mol. The smallest absolute Gasteiger partial charge is 0.140 e. The third kappa shape index (κ3) is 2.92. The summed E-state index contributed by atoms with van der Waals surface area (Å²) in [5, 5.41) is 5.61. The van der Waals surface area contributed by atoms with Gasteiger partial charge in [-0.25, -0.2) is 9.97 Å². The number of aromatic nitrogens is 4. The Morgan fingerprint density at radius 3 is 2.79 bits per heavy atom. The van der Waals surface area contributed by atoms with Crippen molar-refractivity contribution in [2.24, 2.45) is 12.5 Å². The Bertz CT molecular complexity index is 986. The summed E-state index contributed by atoms with van der Waals surface area (Å²) >= 11 is 1.80. The van der Waals surface area contributed by atoms with Crippen LogP contribution in [0.1, 0.15) is 43.2 Å². The number of thiophene rings is 1. The molecule has 2 fully saturated rings. The maximum atomic E-state index is 4.68. The van der Waals surface area contributed by atoms with Crippen molar-refractivity contribution >= 4 is 27.4 Å². The summed E-state index contributed by atoms with van der Waals surface area (Å²) in [6.45, 7) is 9.04. The van der Waals surface area contributed by atoms with Gasteiger partial charge in [0.05, 0.1) is 11.6 Å². The average molecular weight is 397 g/mol. The molecule has 5 rings (SSSR count). The van der Waals surface area contributed by atoms with Crippen LogP contribution in [-0.4, -0.2) is 50.8 Å². The predicted octanol–water partition coefficient (Wildman–Crippen LogP) is 3.65. The highest BCUT2D eigenvalue weighted by Gasteiger charge is 2.49. The molecular formula is C21H28N6S. The lowest BCUT2D eigenvalue weighted by molar-refractivity contribution is -0.0189. The Morgan fingerprint density at radius 1 is 1.21 bits per heavy atom. The summed E-state index contributed by atoms with van der Waals surface area (Å²) in [6.07, 6.45) is 9.38. The third-order valence-electron chi connectivity index (χ3n) is 6.46. The molecule has 1 unspecified atom stereocenters. The first kappa shape index (κ1) is 18.1. The first-order chi connectivity index (χ1) is 13.6. The predicted molar refractivity (Wildman–Crippen MR) is 114 cm³/mol. The van der Waals surface area contributed by atoms with E-state index >= 15 is 0 Å². The summed E-state index contributed by atoms with van der Waals surface area (Å²) in [5.41, 5.74) is 1.76. The van der Waals surface area contributed by atoms with Crippen molar-refractivity contribution in [2.75, 3.05) is 31.1 Å². The summed E-state index contributed by atoms with van der Waals surface area (Å²) < 4.78 is 1.91. The van der Waals surface area contributed by atoms with Crippen molar-refractivity contribution in [2.45, 2.75) is 39.2 Å². The highest BCUT2D eigenvalue weighted by atomic mass is 32.1. The highest BCUT2D eigenvalue weighted by Crippen LogP contribution is 2.46. The Balaban J connectivity index is 1.31. The van der Waals surface area contributed by atoms with Crippen LogP contribution in [0.5, 0.6) is 0 Å². The van der Waals surface area contributed by atoms with Crippen LogP contribution in [-0.2, 0) is 13.5 Å². The van der Waals surface area contributed by atoms with E-state index in [9.17, 15) is 0 Å². The highest BCUT2D eigenvalue weighted by molar-refractivity contribution is 7.18. The molecule has 0 N–H and O–H groups in total. The lowest BCUT2D eigenvalue weighted by Gasteiger charge is -2.51. The van der Waals surface area contributed by atoms with E-state index in [1.54, 1.807) is 17.7 Å². The van der Waals surface area contributed by atoms with E-state index in [2.05, 4.69) is 51.0 Å². The lowest BCUT2D eigenvalue weighted by Crippen LogP contribution is -2.58. The van der Waals surface area contributed by atoms with Gasteiger partial charge in [0.25, 0.3) is 0 Å². The fourth-order valence-corrected chi connectivity index (χ4v) is 5.98. The zero-order valence-electron chi connectivity index (χ0n) is 16.9. The van der Waals surface area contributed by atoms with Gasteiger partial charge in [0.1, 0.15) is 17.0 Å². The molecule has 1 atom stereocenters. The minimum Gasteiger partial charge on any atom is -0.355 e. The van der Waals surface area contributed by atoms with Crippen LogP contribution in [0.2, 0.25) is 0 Å². The number of hydrogen-bond acceptors (Lipinski definition) is 6. The number of likely N-dealkylation sites (tertiary alicyclic amines) is 1. The standard InChI is InChI=1S/C21H28N6S/c1-4-16-8-17-19(22-14-23-20(17)28-16)26-7-6-21(11-26)12-27(13-21)18(5-2)15-9-24-25(3)10-15/h8-10,14,18H,4-7,11-13H2,1-3H3. The molecule has 0 aliphatic carbocycles. The second kappa shape index (κ2) is 6.81. The SMILES string of the molecule is CCc1cc2c(N3CCC4(C3)CN(C(CC)c3cnn(C)c3)C4)ncnc2s1. The van der Waals surface area contributed by atoms with Crippen molar-refractivity contribution in [3.8, 4) is 0 Å². The number of anilines is 1. The average Bonchev–Trinajstić information content (AvgIpc) is 3.39. The van der Waals surface area contributed by atoms with Gasteiger partial charge in [0.15, 0.2) is 0 Å². The quantitative estimate of drug-likeness (QED) is 0.659. The van der Waals surface area contributed by atoms with Crippen LogP contribution in [0, 0.1) is 5.41 Å². The molecule has 2 saturated heterocycles. The number of hydrogen-bond donors (Lipinski definition) is 0. The molecule has 3 aromatic heterocycles. The van der Waals surface area contributed by atoms with E-state index in [0.29, 0.717) is 11.5 Å². The van der Waals surface area contributed by atoms with Gasteiger partial charge in [-0.05, 0) is 25.3 Å². The minimum atomic E-state index is 0.413. The molecule has 0 radical (unpaired) electrons. The summed E-state index contributed by atoms with van der Waals surface area (Å²) in [4.78, 5) is 16.8. The van der Waals surface area contributed by atoms with Crippen LogP contribution < -0.4 is 4.90 Å². The molecule has 0 aromatic carbocycles. The molecule has 7 heteroatoms. The van der Waals surface area contributed by atoms with Crippen LogP contribution in [0.25, 0.3) is 10.2 Å². The molecule has 2 aliphatic heterocycles. The second-order valence-electron chi connectivity index (χ2n) is 8.43. The van der Waals surface area contributed by atoms with E-state index in [4.69, 9.17) is 0 Å². The molecule has 148 valence electrons. The normalized spacial score (nSPS) is 20.2. The largest absolute Gasteiger partial charge is 0.355 e. The van der Waals surface area contributed by atoms with Gasteiger partial charge in [-0.3, -0.25) is 9.58 Å². The Morgan fingerprint density at radius 2 is 2.07 bits per heavy atom. The third-order valence-corrected chi connectivity index (χ3v) is 7.65. The van der Waals surface area contributed by atoms with Gasteiger partial charge < -0.3 is 4.90 Å². The monoisotopic (exact) mass is 396 g/mol. The first-order valence-corrected chi connectivity index (χ1v) is 11.1. The molecule has 3 aromatic rings. The Hall–Kier alpha value is -1.99. The molecule has 6 nitrogen and oxygen atoms in total. The van der Waals surface area contributed by atoms with E-state index in [0.717, 1.165) is 36.6 Å². The van der Waals surface area contributed by atoms with Crippen LogP contribution in [0.15, 0.2) is 24.8 Å². The number of nitrogens with zero attached hydrogens (tertiary/aromatic N) is 6. The zero-order chi connectivity index (χ0) is 19.3. The molecule has 0 bridgehead atoms. The van der Waals surface area contributed by atoms with Crippen LogP contribution in [0.3, 0.4) is 0 Å². The van der Waals surface area contributed by atoms with Crippen molar-refractivity contribution in [3.05, 3.63) is 35.2 Å². The number of fused-ring (bicyclic) bond motifs is 1. The van der Waals surface area contributed by atoms with E-state index in [1.165, 1.54) is 35.3 Å². The van der Waals surface area contributed by atoms with Gasteiger partial charge in [-0.15, -0.1) is 11.3 Å². The summed E-state index contributed by atoms with van der Waals surface area (Å²) in [6, 6.07) is 2.78. The van der Waals surface area contributed by atoms with E-state index in [1.807, 2.05) is 17.9 Å². The van der Waals surface area contributed by atoms with Crippen molar-refractivity contribution in [3.63, 3.8) is 0 Å². The number of rotatable bonds is 5. The van der Waals surface area contributed by atoms with Crippen molar-refractivity contribution < 1.29 is 0 Å². The van der Waals surface area contributed by atoms with Gasteiger partial charge in [0.2, 0.25) is 0 Å². The lowest BCUT2D eigenvalue weighted by atomic mass is 9.77. The molecule has 1 spiro atoms. The second-order valence-corrected chi connectivity index (χ2v) is 9.55. The molecule has 0 amide bonds. The van der Waals surface area contributed by atoms with Crippen LogP contribution in [0.4, 0.5) is 5.82 Å². The Kier molecular flexibility index (Phi) is 4.39. The topological polar surface area (TPSA) is 50.1 Å². The maximum Gasteiger partial charge on any atom is 0.140 e. The van der Waals surface area contributed by atoms with Gasteiger partial charge >= 0.3 is 0 Å². The first-order valence-electron chi connectivity index (χ1n) is 10.3. The molecule has 28 heavy (non-hydrogen) atoms. The fraction of sp³-hybridized carbons (Fsp3) is 0.571. The minimum absolute atomic E-state index is 0.413. The number of aryl methyl sites for hydroxylation is 2. The molecule has 5 heterocycles. The maximum absolute atomic E-state index is 4.68. The van der Waals surface area contributed by atoms with Gasteiger partial charge in [0, 0.05) is 61.3 Å². The molecule has 2 aliphatic rings. The summed E-state index contributed by atoms with van der Waals surface area (Å²) in [5.74, 6) is 1.13. The van der Waals surface area contributed by atoms with Gasteiger partial charge in [-0.1, -0.05) is 13.8 Å². The van der Waals surface area contributed by atoms with E-state index < -0.39 is 0 Å². The van der Waals surface area contributed by atoms with Crippen molar-refractivity contribution in [1.82, 2.24) is 24.6 Å². The fourth-order valence-electron chi connectivity index (χ4n) is 5.05. The molecule has 0 saturated carbocycles.